The molecule has 2 nitrogen and oxygen atoms in total. The van der Waals surface area contributed by atoms with Crippen molar-refractivity contribution in [2.24, 2.45) is 0 Å². The molecular weight excluding hydrogens is 124 g/mol. The van der Waals surface area contributed by atoms with Crippen molar-refractivity contribution >= 4 is 0 Å². The Morgan fingerprint density at radius 3 is 3.10 bits per heavy atom. The summed E-state index contributed by atoms with van der Waals surface area (Å²) in [5, 5.41) is 7.85. The Balaban J connectivity index is 2.02. The second-order valence-electron chi connectivity index (χ2n) is 2.91. The fourth-order valence-electron chi connectivity index (χ4n) is 1.29. The highest BCUT2D eigenvalue weighted by molar-refractivity contribution is 4.74. The van der Waals surface area contributed by atoms with Crippen molar-refractivity contribution in [3.05, 3.63) is 0 Å². The summed E-state index contributed by atoms with van der Waals surface area (Å²) in [6, 6.07) is 0.619. The fourth-order valence-corrected chi connectivity index (χ4v) is 1.29. The number of hydrogen-bond donors (Lipinski definition) is 1. The lowest BCUT2D eigenvalue weighted by molar-refractivity contribution is 0.383. The minimum atomic E-state index is 0.619. The van der Waals surface area contributed by atoms with Crippen LogP contribution in [-0.4, -0.2) is 25.7 Å². The molecule has 0 aromatic heterocycles. The lowest BCUT2D eigenvalue weighted by Gasteiger charge is -2.22. The number of nitrogens with zero attached hydrogens (tertiary/aromatic N) is 1. The molecule has 1 saturated heterocycles. The molecule has 2 heteroatoms. The molecule has 1 atom stereocenters. The van der Waals surface area contributed by atoms with Gasteiger partial charge in [-0.05, 0) is 6.42 Å². The molecule has 1 aliphatic heterocycles. The molecule has 0 aliphatic carbocycles. The third-order valence-electron chi connectivity index (χ3n) is 1.95. The minimum Gasteiger partial charge on any atom is -0.314 e. The maximum atomic E-state index is 4.50. The van der Waals surface area contributed by atoms with Crippen LogP contribution in [-0.2, 0) is 0 Å². The number of unbranched alkanes of at least 4 members (excludes halogenated alkanes) is 1. The van der Waals surface area contributed by atoms with E-state index in [1.165, 1.54) is 19.3 Å². The van der Waals surface area contributed by atoms with Crippen molar-refractivity contribution in [1.29, 1.82) is 0 Å². The Morgan fingerprint density at radius 2 is 2.50 bits per heavy atom. The van der Waals surface area contributed by atoms with Crippen molar-refractivity contribution < 1.29 is 0 Å². The summed E-state index contributed by atoms with van der Waals surface area (Å²) in [5.41, 5.74) is 0. The predicted molar refractivity (Wildman–Crippen MR) is 43.2 cm³/mol. The first-order valence-electron chi connectivity index (χ1n) is 4.31. The van der Waals surface area contributed by atoms with Crippen LogP contribution in [0, 0.1) is 0 Å². The van der Waals surface area contributed by atoms with Gasteiger partial charge < -0.3 is 5.32 Å². The standard InChI is InChI=1S/C8H17N2/c1-2-3-4-8-7-9-5-6-10-8/h8-9H,2-7H2,1H3. The summed E-state index contributed by atoms with van der Waals surface area (Å²) in [6.45, 7) is 5.45. The lowest BCUT2D eigenvalue weighted by atomic mass is 10.1. The first-order valence-corrected chi connectivity index (χ1v) is 4.31. The number of rotatable bonds is 3. The van der Waals surface area contributed by atoms with E-state index in [0.717, 1.165) is 19.6 Å². The van der Waals surface area contributed by atoms with Gasteiger partial charge in [-0.3, -0.25) is 0 Å². The van der Waals surface area contributed by atoms with Crippen LogP contribution in [0.15, 0.2) is 0 Å². The molecule has 1 heterocycles. The molecule has 0 aromatic carbocycles. The molecule has 0 bridgehead atoms. The van der Waals surface area contributed by atoms with Gasteiger partial charge in [-0.15, -0.1) is 0 Å². The Hall–Kier alpha value is -0.0800. The van der Waals surface area contributed by atoms with E-state index in [-0.39, 0.29) is 0 Å². The van der Waals surface area contributed by atoms with Crippen LogP contribution in [0.25, 0.3) is 0 Å². The summed E-state index contributed by atoms with van der Waals surface area (Å²) >= 11 is 0. The quantitative estimate of drug-likeness (QED) is 0.617. The van der Waals surface area contributed by atoms with Crippen LogP contribution in [0.3, 0.4) is 0 Å². The second kappa shape index (κ2) is 4.69. The number of nitrogens with one attached hydrogen (secondary N) is 1. The Bertz CT molecular complexity index is 77.3. The molecule has 0 aromatic rings. The van der Waals surface area contributed by atoms with Gasteiger partial charge in [-0.25, -0.2) is 5.32 Å². The molecule has 1 N–H and O–H groups in total. The summed E-state index contributed by atoms with van der Waals surface area (Å²) in [4.78, 5) is 0. The molecule has 59 valence electrons. The van der Waals surface area contributed by atoms with E-state index < -0.39 is 0 Å². The summed E-state index contributed by atoms with van der Waals surface area (Å²) in [7, 11) is 0. The van der Waals surface area contributed by atoms with Gasteiger partial charge >= 0.3 is 0 Å². The van der Waals surface area contributed by atoms with E-state index in [4.69, 9.17) is 0 Å². The summed E-state index contributed by atoms with van der Waals surface area (Å²) < 4.78 is 0. The molecular formula is C8H17N2. The second-order valence-corrected chi connectivity index (χ2v) is 2.91. The van der Waals surface area contributed by atoms with Crippen molar-refractivity contribution in [3.8, 4) is 0 Å². The van der Waals surface area contributed by atoms with Crippen LogP contribution in [0.2, 0.25) is 0 Å². The maximum absolute atomic E-state index is 4.50. The van der Waals surface area contributed by atoms with Crippen molar-refractivity contribution in [2.45, 2.75) is 32.2 Å². The average Bonchev–Trinajstić information content (AvgIpc) is 2.03. The van der Waals surface area contributed by atoms with Crippen molar-refractivity contribution in [2.75, 3.05) is 19.6 Å². The lowest BCUT2D eigenvalue weighted by Crippen LogP contribution is -2.43. The van der Waals surface area contributed by atoms with Gasteiger partial charge in [0.25, 0.3) is 0 Å². The van der Waals surface area contributed by atoms with Gasteiger partial charge in [0.2, 0.25) is 0 Å². The first-order chi connectivity index (χ1) is 4.93. The highest BCUT2D eigenvalue weighted by Gasteiger charge is 2.11. The molecule has 0 amide bonds. The van der Waals surface area contributed by atoms with Gasteiger partial charge in [-0.2, -0.15) is 0 Å². The van der Waals surface area contributed by atoms with E-state index >= 15 is 0 Å². The van der Waals surface area contributed by atoms with E-state index in [0.29, 0.717) is 6.04 Å². The minimum absolute atomic E-state index is 0.619. The smallest absolute Gasteiger partial charge is 0.0371 e. The monoisotopic (exact) mass is 141 g/mol. The molecule has 1 rings (SSSR count). The Kier molecular flexibility index (Phi) is 3.76. The normalized spacial score (nSPS) is 26.7. The van der Waals surface area contributed by atoms with E-state index in [1.54, 1.807) is 0 Å². The summed E-state index contributed by atoms with van der Waals surface area (Å²) in [5.74, 6) is 0. The average molecular weight is 141 g/mol. The first kappa shape index (κ1) is 8.02. The highest BCUT2D eigenvalue weighted by Crippen LogP contribution is 2.01. The zero-order valence-electron chi connectivity index (χ0n) is 6.77. The Morgan fingerprint density at radius 1 is 1.60 bits per heavy atom. The largest absolute Gasteiger partial charge is 0.314 e. The molecule has 1 radical (unpaired) electrons. The van der Waals surface area contributed by atoms with Gasteiger partial charge in [0.1, 0.15) is 0 Å². The molecule has 1 fully saturated rings. The van der Waals surface area contributed by atoms with Crippen molar-refractivity contribution in [3.63, 3.8) is 0 Å². The van der Waals surface area contributed by atoms with E-state index in [2.05, 4.69) is 17.6 Å². The van der Waals surface area contributed by atoms with Crippen molar-refractivity contribution in [1.82, 2.24) is 10.6 Å². The maximum Gasteiger partial charge on any atom is 0.0371 e. The highest BCUT2D eigenvalue weighted by atomic mass is 15.0. The van der Waals surface area contributed by atoms with Crippen LogP contribution >= 0.6 is 0 Å². The van der Waals surface area contributed by atoms with Gasteiger partial charge in [0.15, 0.2) is 0 Å². The van der Waals surface area contributed by atoms with Gasteiger partial charge in [0.05, 0.1) is 0 Å². The van der Waals surface area contributed by atoms with Crippen LogP contribution in [0.5, 0.6) is 0 Å². The van der Waals surface area contributed by atoms with Crippen LogP contribution < -0.4 is 10.6 Å². The molecule has 1 unspecified atom stereocenters. The SMILES string of the molecule is CCCCC1CNCC[N]1. The topological polar surface area (TPSA) is 26.1 Å². The van der Waals surface area contributed by atoms with Crippen LogP contribution in [0.1, 0.15) is 26.2 Å². The summed E-state index contributed by atoms with van der Waals surface area (Å²) in [6.07, 6.45) is 3.91. The number of hydrogen-bond acceptors (Lipinski definition) is 1. The zero-order valence-corrected chi connectivity index (χ0v) is 6.77. The predicted octanol–water partition coefficient (Wildman–Crippen LogP) is 0.753. The number of piperazine rings is 1. The van der Waals surface area contributed by atoms with Gasteiger partial charge in [0, 0.05) is 25.7 Å². The third kappa shape index (κ3) is 2.67. The zero-order chi connectivity index (χ0) is 7.23. The van der Waals surface area contributed by atoms with E-state index in [1.807, 2.05) is 0 Å². The molecule has 10 heavy (non-hydrogen) atoms. The molecule has 0 saturated carbocycles. The molecule has 1 aliphatic rings. The third-order valence-corrected chi connectivity index (χ3v) is 1.95. The Labute approximate surface area is 63.4 Å². The van der Waals surface area contributed by atoms with Crippen LogP contribution in [0.4, 0.5) is 0 Å². The van der Waals surface area contributed by atoms with E-state index in [9.17, 15) is 0 Å². The van der Waals surface area contributed by atoms with Gasteiger partial charge in [-0.1, -0.05) is 19.8 Å². The molecule has 0 spiro atoms. The fraction of sp³-hybridized carbons (Fsp3) is 1.00.